The topological polar surface area (TPSA) is 71.5 Å². The van der Waals surface area contributed by atoms with Crippen molar-refractivity contribution >= 4 is 12.0 Å². The zero-order chi connectivity index (χ0) is 29.1. The van der Waals surface area contributed by atoms with E-state index in [-0.39, 0.29) is 12.0 Å². The Hall–Kier alpha value is -5.23. The molecule has 0 unspecified atom stereocenters. The lowest BCUT2D eigenvalue weighted by molar-refractivity contribution is 0.0526. The predicted octanol–water partition coefficient (Wildman–Crippen LogP) is 7.50. The molecular weight excluding hydrogens is 522 g/mol. The number of amides is 2. The van der Waals surface area contributed by atoms with Crippen LogP contribution in [0.4, 0.5) is 4.79 Å². The van der Waals surface area contributed by atoms with E-state index in [4.69, 9.17) is 4.74 Å². The van der Waals surface area contributed by atoms with E-state index >= 15 is 0 Å². The first-order valence-electron chi connectivity index (χ1n) is 14.0. The number of urea groups is 1. The highest BCUT2D eigenvalue weighted by molar-refractivity contribution is 5.90. The van der Waals surface area contributed by atoms with E-state index in [0.29, 0.717) is 31.8 Å². The molecule has 5 aromatic rings. The van der Waals surface area contributed by atoms with Gasteiger partial charge in [-0.15, -0.1) is 0 Å². The number of carbonyl (C=O) groups excluding carboxylic acids is 2. The Morgan fingerprint density at radius 1 is 0.667 bits per heavy atom. The summed E-state index contributed by atoms with van der Waals surface area (Å²) in [7, 11) is 0. The van der Waals surface area contributed by atoms with Crippen LogP contribution in [0.15, 0.2) is 128 Å². The van der Waals surface area contributed by atoms with Crippen LogP contribution in [-0.4, -0.2) is 28.5 Å². The molecule has 1 heterocycles. The summed E-state index contributed by atoms with van der Waals surface area (Å²) in [6, 6.07) is 37.7. The van der Waals surface area contributed by atoms with Crippen molar-refractivity contribution < 1.29 is 14.3 Å². The van der Waals surface area contributed by atoms with Gasteiger partial charge in [0.1, 0.15) is 0 Å². The maximum atomic E-state index is 13.4. The average molecular weight is 556 g/mol. The largest absolute Gasteiger partial charge is 0.462 e. The molecule has 0 radical (unpaired) electrons. The van der Waals surface area contributed by atoms with E-state index < -0.39 is 0 Å². The number of hydrogen-bond donors (Lipinski definition) is 1. The lowest BCUT2D eigenvalue weighted by Crippen LogP contribution is -2.38. The van der Waals surface area contributed by atoms with Crippen LogP contribution in [0, 0.1) is 0 Å². The van der Waals surface area contributed by atoms with Gasteiger partial charge in [-0.25, -0.2) is 9.59 Å². The normalized spacial score (nSPS) is 10.6. The number of hydrogen-bond acceptors (Lipinski definition) is 4. The van der Waals surface area contributed by atoms with Crippen LogP contribution in [0.2, 0.25) is 0 Å². The summed E-state index contributed by atoms with van der Waals surface area (Å²) in [6.45, 7) is 3.44. The summed E-state index contributed by atoms with van der Waals surface area (Å²) in [5.41, 5.74) is 7.85. The first-order valence-corrected chi connectivity index (χ1v) is 14.0. The molecule has 0 aliphatic carbocycles. The van der Waals surface area contributed by atoms with Gasteiger partial charge in [-0.3, -0.25) is 4.98 Å². The lowest BCUT2D eigenvalue weighted by Gasteiger charge is -2.23. The number of nitrogens with zero attached hydrogens (tertiary/aromatic N) is 2. The summed E-state index contributed by atoms with van der Waals surface area (Å²) < 4.78 is 5.07. The van der Waals surface area contributed by atoms with Crippen molar-refractivity contribution in [2.75, 3.05) is 6.61 Å². The van der Waals surface area contributed by atoms with Gasteiger partial charge >= 0.3 is 12.0 Å². The molecule has 0 bridgehead atoms. The first-order chi connectivity index (χ1) is 20.6. The molecule has 0 fully saturated rings. The summed E-state index contributed by atoms with van der Waals surface area (Å²) in [5, 5.41) is 3.09. The van der Waals surface area contributed by atoms with Gasteiger partial charge in [0.25, 0.3) is 0 Å². The number of carbonyl (C=O) groups is 2. The van der Waals surface area contributed by atoms with Gasteiger partial charge in [0.2, 0.25) is 0 Å². The number of rotatable bonds is 10. The highest BCUT2D eigenvalue weighted by Gasteiger charge is 2.15. The molecule has 5 rings (SSSR count). The van der Waals surface area contributed by atoms with Crippen LogP contribution in [0.5, 0.6) is 0 Å². The van der Waals surface area contributed by atoms with Gasteiger partial charge in [0.05, 0.1) is 12.2 Å². The van der Waals surface area contributed by atoms with Gasteiger partial charge in [-0.1, -0.05) is 97.1 Å². The minimum absolute atomic E-state index is 0.149. The molecule has 42 heavy (non-hydrogen) atoms. The smallest absolute Gasteiger partial charge is 0.338 e. The van der Waals surface area contributed by atoms with E-state index in [2.05, 4.69) is 34.6 Å². The number of esters is 1. The van der Waals surface area contributed by atoms with Crippen molar-refractivity contribution in [1.29, 1.82) is 0 Å². The molecule has 4 aromatic carbocycles. The van der Waals surface area contributed by atoms with E-state index in [9.17, 15) is 9.59 Å². The zero-order valence-electron chi connectivity index (χ0n) is 23.6. The fourth-order valence-electron chi connectivity index (χ4n) is 4.68. The Morgan fingerprint density at radius 2 is 1.24 bits per heavy atom. The molecule has 6 nitrogen and oxygen atoms in total. The second-order valence-electron chi connectivity index (χ2n) is 9.93. The Bertz CT molecular complexity index is 1590. The molecule has 0 saturated heterocycles. The highest BCUT2D eigenvalue weighted by Crippen LogP contribution is 2.22. The van der Waals surface area contributed by atoms with Gasteiger partial charge in [-0.2, -0.15) is 0 Å². The molecule has 2 amide bonds. The van der Waals surface area contributed by atoms with Crippen molar-refractivity contribution in [3.63, 3.8) is 0 Å². The summed E-state index contributed by atoms with van der Waals surface area (Å²) in [4.78, 5) is 31.4. The third kappa shape index (κ3) is 7.49. The molecule has 0 aliphatic heterocycles. The Kier molecular flexibility index (Phi) is 9.37. The second-order valence-corrected chi connectivity index (χ2v) is 9.93. The van der Waals surface area contributed by atoms with E-state index in [1.807, 2.05) is 78.9 Å². The number of ether oxygens (including phenoxy) is 1. The van der Waals surface area contributed by atoms with Crippen molar-refractivity contribution in [2.24, 2.45) is 0 Å². The van der Waals surface area contributed by atoms with E-state index in [1.165, 1.54) is 0 Å². The standard InChI is InChI=1S/C36H33N3O3/c1-2-42-35(40)34-20-18-33(19-21-34)32-16-12-28(13-17-32)25-39(26-29-7-6-22-37-23-29)36(41)38-24-27-10-14-31(15-11-27)30-8-4-3-5-9-30/h3-23H,2,24-26H2,1H3,(H,38,41). The molecule has 1 N–H and O–H groups in total. The summed E-state index contributed by atoms with van der Waals surface area (Å²) in [6.07, 6.45) is 3.51. The lowest BCUT2D eigenvalue weighted by atomic mass is 10.0. The monoisotopic (exact) mass is 555 g/mol. The quantitative estimate of drug-likeness (QED) is 0.181. The van der Waals surface area contributed by atoms with Gasteiger partial charge in [0.15, 0.2) is 0 Å². The zero-order valence-corrected chi connectivity index (χ0v) is 23.6. The number of nitrogens with one attached hydrogen (secondary N) is 1. The molecule has 6 heteroatoms. The highest BCUT2D eigenvalue weighted by atomic mass is 16.5. The van der Waals surface area contributed by atoms with Crippen LogP contribution in [0.25, 0.3) is 22.3 Å². The Morgan fingerprint density at radius 3 is 1.83 bits per heavy atom. The molecule has 0 aliphatic rings. The fourth-order valence-corrected chi connectivity index (χ4v) is 4.68. The van der Waals surface area contributed by atoms with Gasteiger partial charge < -0.3 is 15.0 Å². The number of aromatic nitrogens is 1. The van der Waals surface area contributed by atoms with Crippen molar-refractivity contribution in [1.82, 2.24) is 15.2 Å². The summed E-state index contributed by atoms with van der Waals surface area (Å²) >= 11 is 0. The molecule has 0 saturated carbocycles. The third-order valence-electron chi connectivity index (χ3n) is 6.94. The van der Waals surface area contributed by atoms with Crippen molar-refractivity contribution in [3.8, 4) is 22.3 Å². The Labute approximate surface area is 246 Å². The first kappa shape index (κ1) is 28.3. The minimum Gasteiger partial charge on any atom is -0.462 e. The average Bonchev–Trinajstić information content (AvgIpc) is 3.05. The van der Waals surface area contributed by atoms with E-state index in [1.54, 1.807) is 36.4 Å². The summed E-state index contributed by atoms with van der Waals surface area (Å²) in [5.74, 6) is -0.324. The number of benzene rings is 4. The SMILES string of the molecule is CCOC(=O)c1ccc(-c2ccc(CN(Cc3cccnc3)C(=O)NCc3ccc(-c4ccccc4)cc3)cc2)cc1. The van der Waals surface area contributed by atoms with Crippen LogP contribution in [0.1, 0.15) is 34.0 Å². The molecular formula is C36H33N3O3. The van der Waals surface area contributed by atoms with Crippen LogP contribution < -0.4 is 5.32 Å². The van der Waals surface area contributed by atoms with Crippen LogP contribution in [-0.2, 0) is 24.4 Å². The molecule has 0 spiro atoms. The van der Waals surface area contributed by atoms with Gasteiger partial charge in [-0.05, 0) is 64.1 Å². The third-order valence-corrected chi connectivity index (χ3v) is 6.94. The van der Waals surface area contributed by atoms with Crippen molar-refractivity contribution in [2.45, 2.75) is 26.6 Å². The maximum absolute atomic E-state index is 13.4. The predicted molar refractivity (Wildman–Crippen MR) is 165 cm³/mol. The fraction of sp³-hybridized carbons (Fsp3) is 0.139. The Balaban J connectivity index is 1.25. The molecule has 210 valence electrons. The molecule has 1 aromatic heterocycles. The van der Waals surface area contributed by atoms with Crippen LogP contribution >= 0.6 is 0 Å². The van der Waals surface area contributed by atoms with Crippen molar-refractivity contribution in [3.05, 3.63) is 150 Å². The van der Waals surface area contributed by atoms with Gasteiger partial charge in [0, 0.05) is 32.0 Å². The van der Waals surface area contributed by atoms with E-state index in [0.717, 1.165) is 38.9 Å². The molecule has 0 atom stereocenters. The van der Waals surface area contributed by atoms with Crippen LogP contribution in [0.3, 0.4) is 0 Å². The minimum atomic E-state index is -0.324. The number of pyridine rings is 1. The second kappa shape index (κ2) is 13.9. The maximum Gasteiger partial charge on any atom is 0.338 e.